The molecule has 5 heteroatoms. The number of nitrogens with zero attached hydrogens (tertiary/aromatic N) is 1. The largest absolute Gasteiger partial charge is 0.477 e. The van der Waals surface area contributed by atoms with E-state index in [1.165, 1.54) is 6.20 Å². The fraction of sp³-hybridized carbons (Fsp3) is 0.231. The maximum atomic E-state index is 12.0. The van der Waals surface area contributed by atoms with Crippen LogP contribution in [-0.2, 0) is 6.54 Å². The average molecular weight is 263 g/mol. The molecule has 0 fully saturated rings. The molecule has 0 spiro atoms. The van der Waals surface area contributed by atoms with E-state index in [2.05, 4.69) is 0 Å². The highest BCUT2D eigenvalue weighted by Crippen LogP contribution is 2.20. The quantitative estimate of drug-likeness (QED) is 0.864. The van der Waals surface area contributed by atoms with Gasteiger partial charge in [0.2, 0.25) is 5.43 Å². The van der Waals surface area contributed by atoms with Crippen LogP contribution >= 0.6 is 11.8 Å². The Morgan fingerprint density at radius 1 is 1.44 bits per heavy atom. The third-order valence-electron chi connectivity index (χ3n) is 2.86. The second kappa shape index (κ2) is 4.86. The fourth-order valence-electron chi connectivity index (χ4n) is 1.91. The van der Waals surface area contributed by atoms with Crippen molar-refractivity contribution in [3.8, 4) is 0 Å². The first-order valence-electron chi connectivity index (χ1n) is 5.53. The van der Waals surface area contributed by atoms with Crippen LogP contribution in [0.4, 0.5) is 0 Å². The van der Waals surface area contributed by atoms with E-state index in [1.807, 2.05) is 25.3 Å². The van der Waals surface area contributed by atoms with E-state index in [-0.39, 0.29) is 5.56 Å². The number of carbonyl (C=O) groups is 1. The van der Waals surface area contributed by atoms with Crippen molar-refractivity contribution in [3.05, 3.63) is 40.2 Å². The number of thioether (sulfide) groups is 1. The lowest BCUT2D eigenvalue weighted by atomic mass is 10.1. The van der Waals surface area contributed by atoms with E-state index in [0.717, 1.165) is 10.4 Å². The van der Waals surface area contributed by atoms with Crippen molar-refractivity contribution in [1.29, 1.82) is 0 Å². The molecule has 4 nitrogen and oxygen atoms in total. The number of pyridine rings is 1. The third-order valence-corrected chi connectivity index (χ3v) is 3.58. The summed E-state index contributed by atoms with van der Waals surface area (Å²) < 4.78 is 1.79. The number of aromatic nitrogens is 1. The van der Waals surface area contributed by atoms with Crippen molar-refractivity contribution >= 4 is 28.6 Å². The zero-order chi connectivity index (χ0) is 13.3. The number of hydrogen-bond acceptors (Lipinski definition) is 3. The zero-order valence-corrected chi connectivity index (χ0v) is 11.0. The molecule has 0 aliphatic rings. The van der Waals surface area contributed by atoms with Crippen LogP contribution in [0, 0.1) is 0 Å². The molecule has 2 aromatic rings. The summed E-state index contributed by atoms with van der Waals surface area (Å²) in [7, 11) is 0. The average Bonchev–Trinajstić information content (AvgIpc) is 2.38. The molecule has 1 N–H and O–H groups in total. The third kappa shape index (κ3) is 2.01. The van der Waals surface area contributed by atoms with E-state index < -0.39 is 11.4 Å². The summed E-state index contributed by atoms with van der Waals surface area (Å²) in [4.78, 5) is 24.1. The normalized spacial score (nSPS) is 10.8. The van der Waals surface area contributed by atoms with Gasteiger partial charge in [0.25, 0.3) is 0 Å². The summed E-state index contributed by atoms with van der Waals surface area (Å²) in [5, 5.41) is 9.48. The topological polar surface area (TPSA) is 59.3 Å². The molecule has 18 heavy (non-hydrogen) atoms. The van der Waals surface area contributed by atoms with Gasteiger partial charge in [-0.2, -0.15) is 0 Å². The van der Waals surface area contributed by atoms with Crippen LogP contribution in [0.15, 0.2) is 34.1 Å². The van der Waals surface area contributed by atoms with Gasteiger partial charge in [0.05, 0.1) is 5.52 Å². The summed E-state index contributed by atoms with van der Waals surface area (Å²) >= 11 is 1.59. The number of aryl methyl sites for hydroxylation is 1. The summed E-state index contributed by atoms with van der Waals surface area (Å²) in [6.45, 7) is 2.54. The van der Waals surface area contributed by atoms with Crippen LogP contribution in [0.3, 0.4) is 0 Å². The van der Waals surface area contributed by atoms with Crippen molar-refractivity contribution in [2.75, 3.05) is 6.26 Å². The van der Waals surface area contributed by atoms with E-state index in [9.17, 15) is 9.59 Å². The molecular weight excluding hydrogens is 250 g/mol. The Labute approximate surface area is 108 Å². The number of rotatable bonds is 3. The first-order valence-corrected chi connectivity index (χ1v) is 6.75. The number of benzene rings is 1. The summed E-state index contributed by atoms with van der Waals surface area (Å²) in [5.74, 6) is -1.18. The van der Waals surface area contributed by atoms with Gasteiger partial charge < -0.3 is 9.67 Å². The second-order valence-corrected chi connectivity index (χ2v) is 4.73. The van der Waals surface area contributed by atoms with Gasteiger partial charge in [-0.15, -0.1) is 11.8 Å². The number of fused-ring (bicyclic) bond motifs is 1. The van der Waals surface area contributed by atoms with Crippen LogP contribution in [0.5, 0.6) is 0 Å². The van der Waals surface area contributed by atoms with Crippen molar-refractivity contribution in [1.82, 2.24) is 4.57 Å². The Bertz CT molecular complexity index is 676. The van der Waals surface area contributed by atoms with Crippen LogP contribution in [0.25, 0.3) is 10.9 Å². The molecule has 94 valence electrons. The molecule has 1 heterocycles. The van der Waals surface area contributed by atoms with Gasteiger partial charge in [-0.05, 0) is 31.4 Å². The van der Waals surface area contributed by atoms with Gasteiger partial charge in [0.1, 0.15) is 5.56 Å². The van der Waals surface area contributed by atoms with Crippen LogP contribution in [0.1, 0.15) is 17.3 Å². The van der Waals surface area contributed by atoms with Gasteiger partial charge in [-0.25, -0.2) is 4.79 Å². The van der Waals surface area contributed by atoms with Crippen molar-refractivity contribution in [3.63, 3.8) is 0 Å². The summed E-state index contributed by atoms with van der Waals surface area (Å²) in [6, 6.07) is 5.44. The number of aromatic carboxylic acids is 1. The molecule has 2 rings (SSSR count). The van der Waals surface area contributed by atoms with Gasteiger partial charge in [-0.1, -0.05) is 0 Å². The minimum absolute atomic E-state index is 0.179. The fourth-order valence-corrected chi connectivity index (χ4v) is 2.34. The molecule has 0 aliphatic heterocycles. The Balaban J connectivity index is 2.88. The molecule has 0 saturated carbocycles. The molecule has 0 amide bonds. The molecule has 0 bridgehead atoms. The molecule has 0 saturated heterocycles. The highest BCUT2D eigenvalue weighted by atomic mass is 32.2. The van der Waals surface area contributed by atoms with E-state index in [0.29, 0.717) is 11.9 Å². The SMILES string of the molecule is CCn1cc(C(=O)O)c(=O)c2ccc(SC)cc21. The minimum Gasteiger partial charge on any atom is -0.477 e. The van der Waals surface area contributed by atoms with Crippen molar-refractivity contribution in [2.45, 2.75) is 18.4 Å². The van der Waals surface area contributed by atoms with Gasteiger partial charge in [0.15, 0.2) is 0 Å². The predicted molar refractivity (Wildman–Crippen MR) is 72.6 cm³/mol. The summed E-state index contributed by atoms with van der Waals surface area (Å²) in [5.41, 5.74) is 0.176. The molecule has 0 aliphatic carbocycles. The zero-order valence-electron chi connectivity index (χ0n) is 10.1. The Morgan fingerprint density at radius 3 is 2.72 bits per heavy atom. The first kappa shape index (κ1) is 12.7. The molecule has 0 atom stereocenters. The van der Waals surface area contributed by atoms with E-state index in [1.54, 1.807) is 22.4 Å². The predicted octanol–water partition coefficient (Wildman–Crippen LogP) is 2.44. The van der Waals surface area contributed by atoms with Crippen LogP contribution in [0.2, 0.25) is 0 Å². The van der Waals surface area contributed by atoms with Crippen molar-refractivity contribution in [2.24, 2.45) is 0 Å². The second-order valence-electron chi connectivity index (χ2n) is 3.85. The standard InChI is InChI=1S/C13H13NO3S/c1-3-14-7-10(13(16)17)12(15)9-5-4-8(18-2)6-11(9)14/h4-7H,3H2,1-2H3,(H,16,17). The Hall–Kier alpha value is -1.75. The Kier molecular flexibility index (Phi) is 3.43. The maximum absolute atomic E-state index is 12.0. The lowest BCUT2D eigenvalue weighted by molar-refractivity contribution is 0.0695. The van der Waals surface area contributed by atoms with Crippen LogP contribution in [-0.4, -0.2) is 21.9 Å². The number of hydrogen-bond donors (Lipinski definition) is 1. The first-order chi connectivity index (χ1) is 8.58. The maximum Gasteiger partial charge on any atom is 0.341 e. The van der Waals surface area contributed by atoms with Gasteiger partial charge >= 0.3 is 5.97 Å². The van der Waals surface area contributed by atoms with Crippen LogP contribution < -0.4 is 5.43 Å². The molecule has 0 unspecified atom stereocenters. The number of carboxylic acid groups (broad SMARTS) is 1. The van der Waals surface area contributed by atoms with Gasteiger partial charge in [-0.3, -0.25) is 4.79 Å². The monoisotopic (exact) mass is 263 g/mol. The summed E-state index contributed by atoms with van der Waals surface area (Å²) in [6.07, 6.45) is 3.37. The highest BCUT2D eigenvalue weighted by Gasteiger charge is 2.14. The van der Waals surface area contributed by atoms with Gasteiger partial charge in [0, 0.05) is 23.0 Å². The van der Waals surface area contributed by atoms with E-state index in [4.69, 9.17) is 5.11 Å². The molecule has 1 aromatic carbocycles. The molecule has 1 aromatic heterocycles. The lowest BCUT2D eigenvalue weighted by Crippen LogP contribution is -2.18. The molecule has 0 radical (unpaired) electrons. The van der Waals surface area contributed by atoms with Crippen molar-refractivity contribution < 1.29 is 9.90 Å². The lowest BCUT2D eigenvalue weighted by Gasteiger charge is -2.10. The Morgan fingerprint density at radius 2 is 2.17 bits per heavy atom. The smallest absolute Gasteiger partial charge is 0.341 e. The number of carboxylic acids is 1. The van der Waals surface area contributed by atoms with E-state index >= 15 is 0 Å². The minimum atomic E-state index is -1.18. The highest BCUT2D eigenvalue weighted by molar-refractivity contribution is 7.98. The molecular formula is C13H13NO3S.